The SMILES string of the molecule is CC(N[C@H](C)C1CCCCCC1)c1cccc(F)c1. The van der Waals surface area contributed by atoms with Crippen molar-refractivity contribution in [2.45, 2.75) is 64.5 Å². The van der Waals surface area contributed by atoms with Gasteiger partial charge in [0.1, 0.15) is 5.82 Å². The average Bonchev–Trinajstić information content (AvgIpc) is 2.67. The normalized spacial score (nSPS) is 20.8. The molecule has 0 heterocycles. The molecular formula is C17H26FN. The van der Waals surface area contributed by atoms with E-state index < -0.39 is 0 Å². The van der Waals surface area contributed by atoms with Crippen LogP contribution < -0.4 is 5.32 Å². The van der Waals surface area contributed by atoms with Gasteiger partial charge in [0, 0.05) is 12.1 Å². The lowest BCUT2D eigenvalue weighted by atomic mass is 9.92. The molecule has 106 valence electrons. The van der Waals surface area contributed by atoms with Gasteiger partial charge in [0.05, 0.1) is 0 Å². The second-order valence-corrected chi connectivity index (χ2v) is 5.98. The van der Waals surface area contributed by atoms with Gasteiger partial charge in [0.2, 0.25) is 0 Å². The molecule has 1 aliphatic carbocycles. The first-order chi connectivity index (χ1) is 9.16. The smallest absolute Gasteiger partial charge is 0.123 e. The summed E-state index contributed by atoms with van der Waals surface area (Å²) in [7, 11) is 0. The van der Waals surface area contributed by atoms with Crippen molar-refractivity contribution >= 4 is 0 Å². The maximum atomic E-state index is 13.2. The Bertz CT molecular complexity index is 383. The van der Waals surface area contributed by atoms with E-state index in [1.165, 1.54) is 44.6 Å². The Kier molecular flexibility index (Phi) is 5.38. The molecule has 1 nitrogen and oxygen atoms in total. The Hall–Kier alpha value is -0.890. The summed E-state index contributed by atoms with van der Waals surface area (Å²) in [6, 6.07) is 7.66. The number of rotatable bonds is 4. The first-order valence-corrected chi connectivity index (χ1v) is 7.68. The summed E-state index contributed by atoms with van der Waals surface area (Å²) in [6.45, 7) is 4.41. The molecule has 0 amide bonds. The summed E-state index contributed by atoms with van der Waals surface area (Å²) < 4.78 is 13.2. The van der Waals surface area contributed by atoms with E-state index >= 15 is 0 Å². The summed E-state index contributed by atoms with van der Waals surface area (Å²) in [5.74, 6) is 0.631. The van der Waals surface area contributed by atoms with Gasteiger partial charge in [-0.15, -0.1) is 0 Å². The van der Waals surface area contributed by atoms with Crippen LogP contribution in [-0.4, -0.2) is 6.04 Å². The maximum absolute atomic E-state index is 13.2. The summed E-state index contributed by atoms with van der Waals surface area (Å²) in [4.78, 5) is 0. The van der Waals surface area contributed by atoms with Crippen LogP contribution in [0.5, 0.6) is 0 Å². The first kappa shape index (κ1) is 14.5. The first-order valence-electron chi connectivity index (χ1n) is 7.68. The number of halogens is 1. The highest BCUT2D eigenvalue weighted by atomic mass is 19.1. The number of hydrogen-bond donors (Lipinski definition) is 1. The van der Waals surface area contributed by atoms with Crippen LogP contribution in [-0.2, 0) is 0 Å². The molecule has 0 radical (unpaired) electrons. The molecule has 1 unspecified atom stereocenters. The predicted molar refractivity (Wildman–Crippen MR) is 78.6 cm³/mol. The molecule has 0 saturated heterocycles. The van der Waals surface area contributed by atoms with Crippen LogP contribution in [0.4, 0.5) is 4.39 Å². The fraction of sp³-hybridized carbons (Fsp3) is 0.647. The minimum atomic E-state index is -0.145. The molecule has 0 aromatic heterocycles. The van der Waals surface area contributed by atoms with Crippen molar-refractivity contribution < 1.29 is 4.39 Å². The molecule has 1 aromatic rings. The van der Waals surface area contributed by atoms with Crippen LogP contribution >= 0.6 is 0 Å². The van der Waals surface area contributed by atoms with E-state index in [-0.39, 0.29) is 11.9 Å². The van der Waals surface area contributed by atoms with Gasteiger partial charge in [-0.05, 0) is 50.3 Å². The second-order valence-electron chi connectivity index (χ2n) is 5.98. The van der Waals surface area contributed by atoms with Crippen LogP contribution in [0.3, 0.4) is 0 Å². The van der Waals surface area contributed by atoms with E-state index in [4.69, 9.17) is 0 Å². The quantitative estimate of drug-likeness (QED) is 0.767. The lowest BCUT2D eigenvalue weighted by molar-refractivity contribution is 0.316. The fourth-order valence-electron chi connectivity index (χ4n) is 3.21. The molecule has 2 rings (SSSR count). The second kappa shape index (κ2) is 7.04. The third kappa shape index (κ3) is 4.31. The Labute approximate surface area is 116 Å². The van der Waals surface area contributed by atoms with Crippen LogP contribution in [0.25, 0.3) is 0 Å². The van der Waals surface area contributed by atoms with Crippen molar-refractivity contribution in [1.82, 2.24) is 5.32 Å². The topological polar surface area (TPSA) is 12.0 Å². The van der Waals surface area contributed by atoms with Crippen LogP contribution in [0.2, 0.25) is 0 Å². The van der Waals surface area contributed by atoms with E-state index in [0.717, 1.165) is 11.5 Å². The van der Waals surface area contributed by atoms with E-state index in [1.54, 1.807) is 12.1 Å². The Morgan fingerprint density at radius 2 is 1.79 bits per heavy atom. The molecule has 2 heteroatoms. The summed E-state index contributed by atoms with van der Waals surface area (Å²) in [6.07, 6.45) is 8.19. The van der Waals surface area contributed by atoms with Gasteiger partial charge in [-0.3, -0.25) is 0 Å². The van der Waals surface area contributed by atoms with Crippen LogP contribution in [0, 0.1) is 11.7 Å². The van der Waals surface area contributed by atoms with Crippen LogP contribution in [0.1, 0.15) is 64.0 Å². The third-order valence-corrected chi connectivity index (χ3v) is 4.47. The number of nitrogens with one attached hydrogen (secondary N) is 1. The highest BCUT2D eigenvalue weighted by Crippen LogP contribution is 2.27. The summed E-state index contributed by atoms with van der Waals surface area (Å²) in [5, 5.41) is 3.65. The van der Waals surface area contributed by atoms with Gasteiger partial charge in [-0.25, -0.2) is 4.39 Å². The zero-order valence-electron chi connectivity index (χ0n) is 12.2. The zero-order chi connectivity index (χ0) is 13.7. The van der Waals surface area contributed by atoms with Crippen LogP contribution in [0.15, 0.2) is 24.3 Å². The Morgan fingerprint density at radius 1 is 1.11 bits per heavy atom. The molecule has 1 N–H and O–H groups in total. The molecule has 0 aliphatic heterocycles. The van der Waals surface area contributed by atoms with E-state index in [2.05, 4.69) is 19.2 Å². The maximum Gasteiger partial charge on any atom is 0.123 e. The van der Waals surface area contributed by atoms with E-state index in [1.807, 2.05) is 6.07 Å². The largest absolute Gasteiger partial charge is 0.307 e. The lowest BCUT2D eigenvalue weighted by Gasteiger charge is -2.27. The average molecular weight is 263 g/mol. The van der Waals surface area contributed by atoms with Crippen molar-refractivity contribution in [3.05, 3.63) is 35.6 Å². The summed E-state index contributed by atoms with van der Waals surface area (Å²) in [5.41, 5.74) is 1.04. The molecule has 0 bridgehead atoms. The van der Waals surface area contributed by atoms with Gasteiger partial charge in [-0.1, -0.05) is 37.8 Å². The predicted octanol–water partition coefficient (Wildman–Crippen LogP) is 4.84. The van der Waals surface area contributed by atoms with Gasteiger partial charge in [0.15, 0.2) is 0 Å². The summed E-state index contributed by atoms with van der Waals surface area (Å²) >= 11 is 0. The minimum absolute atomic E-state index is 0.145. The molecule has 1 saturated carbocycles. The molecule has 1 aromatic carbocycles. The van der Waals surface area contributed by atoms with Gasteiger partial charge in [0.25, 0.3) is 0 Å². The number of hydrogen-bond acceptors (Lipinski definition) is 1. The van der Waals surface area contributed by atoms with E-state index in [0.29, 0.717) is 6.04 Å². The van der Waals surface area contributed by atoms with Crippen molar-refractivity contribution in [2.24, 2.45) is 5.92 Å². The highest BCUT2D eigenvalue weighted by molar-refractivity contribution is 5.19. The third-order valence-electron chi connectivity index (χ3n) is 4.47. The molecule has 0 spiro atoms. The number of benzene rings is 1. The van der Waals surface area contributed by atoms with Gasteiger partial charge in [-0.2, -0.15) is 0 Å². The Morgan fingerprint density at radius 3 is 2.42 bits per heavy atom. The fourth-order valence-corrected chi connectivity index (χ4v) is 3.21. The van der Waals surface area contributed by atoms with Crippen molar-refractivity contribution in [2.75, 3.05) is 0 Å². The molecule has 19 heavy (non-hydrogen) atoms. The monoisotopic (exact) mass is 263 g/mol. The molecule has 1 fully saturated rings. The molecule has 2 atom stereocenters. The zero-order valence-corrected chi connectivity index (χ0v) is 12.2. The van der Waals surface area contributed by atoms with E-state index in [9.17, 15) is 4.39 Å². The van der Waals surface area contributed by atoms with Gasteiger partial charge >= 0.3 is 0 Å². The van der Waals surface area contributed by atoms with Crippen molar-refractivity contribution in [3.8, 4) is 0 Å². The minimum Gasteiger partial charge on any atom is -0.307 e. The molecular weight excluding hydrogens is 237 g/mol. The lowest BCUT2D eigenvalue weighted by Crippen LogP contribution is -2.35. The Balaban J connectivity index is 1.92. The van der Waals surface area contributed by atoms with Crippen molar-refractivity contribution in [1.29, 1.82) is 0 Å². The standard InChI is InChI=1S/C17H26FN/c1-13(15-8-5-3-4-6-9-15)19-14(2)16-10-7-11-17(18)12-16/h7,10-15,19H,3-6,8-9H2,1-2H3/t13-,14?/m1/s1. The van der Waals surface area contributed by atoms with Gasteiger partial charge < -0.3 is 5.32 Å². The molecule has 1 aliphatic rings. The highest BCUT2D eigenvalue weighted by Gasteiger charge is 2.20. The van der Waals surface area contributed by atoms with Crippen molar-refractivity contribution in [3.63, 3.8) is 0 Å².